The minimum Gasteiger partial charge on any atom is -0.380 e. The van der Waals surface area contributed by atoms with E-state index < -0.39 is 5.91 Å². The summed E-state index contributed by atoms with van der Waals surface area (Å²) in [6.45, 7) is 4.79. The van der Waals surface area contributed by atoms with E-state index in [1.165, 1.54) is 5.56 Å². The molecule has 2 aliphatic rings. The number of carbonyl (C=O) groups excluding carboxylic acids is 3. The zero-order valence-corrected chi connectivity index (χ0v) is 17.3. The molecular formula is C23H31N3O3. The van der Waals surface area contributed by atoms with Gasteiger partial charge in [-0.3, -0.25) is 14.4 Å². The molecule has 0 saturated heterocycles. The third kappa shape index (κ3) is 5.68. The second-order valence-electron chi connectivity index (χ2n) is 8.44. The van der Waals surface area contributed by atoms with Gasteiger partial charge in [-0.1, -0.05) is 44.2 Å². The van der Waals surface area contributed by atoms with Crippen LogP contribution >= 0.6 is 0 Å². The molecule has 1 aromatic carbocycles. The fourth-order valence-electron chi connectivity index (χ4n) is 4.02. The predicted molar refractivity (Wildman–Crippen MR) is 112 cm³/mol. The maximum absolute atomic E-state index is 12.8. The highest BCUT2D eigenvalue weighted by Gasteiger charge is 2.31. The molecule has 0 radical (unpaired) electrons. The number of amides is 2. The zero-order valence-electron chi connectivity index (χ0n) is 17.3. The van der Waals surface area contributed by atoms with E-state index in [-0.39, 0.29) is 35.5 Å². The first-order valence-electron chi connectivity index (χ1n) is 10.6. The van der Waals surface area contributed by atoms with Crippen molar-refractivity contribution in [1.82, 2.24) is 16.0 Å². The van der Waals surface area contributed by atoms with Crippen LogP contribution in [0.1, 0.15) is 63.9 Å². The number of rotatable bonds is 7. The molecule has 6 heteroatoms. The van der Waals surface area contributed by atoms with Gasteiger partial charge in [0.2, 0.25) is 5.91 Å². The van der Waals surface area contributed by atoms with Crippen molar-refractivity contribution in [1.29, 1.82) is 0 Å². The van der Waals surface area contributed by atoms with Gasteiger partial charge >= 0.3 is 0 Å². The smallest absolute Gasteiger partial charge is 0.270 e. The zero-order chi connectivity index (χ0) is 20.8. The van der Waals surface area contributed by atoms with Gasteiger partial charge in [0.15, 0.2) is 5.78 Å². The third-order valence-electron chi connectivity index (χ3n) is 5.70. The number of hydrogen-bond donors (Lipinski definition) is 3. The van der Waals surface area contributed by atoms with Gasteiger partial charge in [0.1, 0.15) is 11.4 Å². The Morgan fingerprint density at radius 1 is 1.10 bits per heavy atom. The summed E-state index contributed by atoms with van der Waals surface area (Å²) in [5, 5.41) is 8.71. The van der Waals surface area contributed by atoms with Crippen LogP contribution < -0.4 is 16.0 Å². The normalized spacial score (nSPS) is 22.4. The number of hydrogen-bond acceptors (Lipinski definition) is 4. The second kappa shape index (κ2) is 9.72. The molecule has 1 fully saturated rings. The highest BCUT2D eigenvalue weighted by atomic mass is 16.2. The minimum absolute atomic E-state index is 0.0563. The third-order valence-corrected chi connectivity index (χ3v) is 5.70. The van der Waals surface area contributed by atoms with Crippen LogP contribution in [0.25, 0.3) is 0 Å². The van der Waals surface area contributed by atoms with E-state index in [1.54, 1.807) is 0 Å². The first-order valence-corrected chi connectivity index (χ1v) is 10.6. The average molecular weight is 398 g/mol. The van der Waals surface area contributed by atoms with Crippen molar-refractivity contribution >= 4 is 17.6 Å². The molecule has 6 nitrogen and oxygen atoms in total. The van der Waals surface area contributed by atoms with Gasteiger partial charge in [0, 0.05) is 12.6 Å². The van der Waals surface area contributed by atoms with Crippen molar-refractivity contribution in [2.75, 3.05) is 6.54 Å². The Morgan fingerprint density at radius 3 is 2.45 bits per heavy atom. The molecule has 0 aromatic heterocycles. The van der Waals surface area contributed by atoms with Crippen LogP contribution in [-0.4, -0.2) is 30.2 Å². The summed E-state index contributed by atoms with van der Waals surface area (Å²) in [6.07, 6.45) is 4.46. The van der Waals surface area contributed by atoms with Gasteiger partial charge in [-0.2, -0.15) is 0 Å². The number of ketones is 1. The van der Waals surface area contributed by atoms with Gasteiger partial charge < -0.3 is 16.0 Å². The molecule has 1 aliphatic carbocycles. The summed E-state index contributed by atoms with van der Waals surface area (Å²) in [5.74, 6) is -0.124. The lowest BCUT2D eigenvalue weighted by Crippen LogP contribution is -2.47. The highest BCUT2D eigenvalue weighted by molar-refractivity contribution is 6.16. The Balaban J connectivity index is 1.61. The van der Waals surface area contributed by atoms with E-state index in [1.807, 2.05) is 6.07 Å². The highest BCUT2D eigenvalue weighted by Crippen LogP contribution is 2.32. The topological polar surface area (TPSA) is 87.3 Å². The molecule has 0 unspecified atom stereocenters. The van der Waals surface area contributed by atoms with E-state index in [0.29, 0.717) is 18.4 Å². The van der Waals surface area contributed by atoms with E-state index in [0.717, 1.165) is 32.1 Å². The molecule has 3 N–H and O–H groups in total. The molecule has 0 spiro atoms. The monoisotopic (exact) mass is 397 g/mol. The molecule has 1 aliphatic heterocycles. The van der Waals surface area contributed by atoms with Crippen LogP contribution in [0.15, 0.2) is 41.7 Å². The van der Waals surface area contributed by atoms with E-state index in [9.17, 15) is 14.4 Å². The molecule has 0 bridgehead atoms. The van der Waals surface area contributed by atoms with Crippen molar-refractivity contribution in [3.05, 3.63) is 47.3 Å². The van der Waals surface area contributed by atoms with Crippen molar-refractivity contribution in [2.24, 2.45) is 5.92 Å². The Labute approximate surface area is 172 Å². The number of benzene rings is 1. The van der Waals surface area contributed by atoms with Crippen LogP contribution in [0.4, 0.5) is 0 Å². The van der Waals surface area contributed by atoms with Crippen LogP contribution in [-0.2, 0) is 14.4 Å². The van der Waals surface area contributed by atoms with E-state index in [2.05, 4.69) is 54.1 Å². The van der Waals surface area contributed by atoms with Gasteiger partial charge in [0.25, 0.3) is 5.91 Å². The molecule has 1 saturated carbocycles. The van der Waals surface area contributed by atoms with E-state index in [4.69, 9.17) is 0 Å². The summed E-state index contributed by atoms with van der Waals surface area (Å²) in [4.78, 5) is 37.0. The quantitative estimate of drug-likeness (QED) is 0.618. The first-order chi connectivity index (χ1) is 13.9. The van der Waals surface area contributed by atoms with Gasteiger partial charge in [-0.25, -0.2) is 0 Å². The van der Waals surface area contributed by atoms with Crippen molar-refractivity contribution in [3.63, 3.8) is 0 Å². The Morgan fingerprint density at radius 2 is 1.79 bits per heavy atom. The van der Waals surface area contributed by atoms with Crippen molar-refractivity contribution in [3.8, 4) is 0 Å². The Kier molecular flexibility index (Phi) is 7.07. The van der Waals surface area contributed by atoms with Crippen LogP contribution in [0.3, 0.4) is 0 Å². The fourth-order valence-corrected chi connectivity index (χ4v) is 4.02. The summed E-state index contributed by atoms with van der Waals surface area (Å²) < 4.78 is 0. The standard InChI is InChI=1S/C23H31N3O3/c1-15(2)12-13-24-21-19(27)14-20(28)26-22(21)23(29)25-18-10-8-17(9-11-18)16-6-4-3-5-7-16/h3-7,15,17-18,24H,8-14H2,1-2H3,(H,25,29)(H,26,28)/t17-,18+. The number of Topliss-reactive ketones (excluding diaryl/α,β-unsaturated/α-hetero) is 1. The lowest BCUT2D eigenvalue weighted by molar-refractivity contribution is -0.130. The molecule has 1 heterocycles. The van der Waals surface area contributed by atoms with Crippen molar-refractivity contribution in [2.45, 2.75) is 64.3 Å². The molecule has 0 atom stereocenters. The molecular weight excluding hydrogens is 366 g/mol. The summed E-state index contributed by atoms with van der Waals surface area (Å²) in [6, 6.07) is 10.5. The van der Waals surface area contributed by atoms with Crippen LogP contribution in [0.2, 0.25) is 0 Å². The molecule has 2 amide bonds. The maximum atomic E-state index is 12.8. The molecule has 3 rings (SSSR count). The van der Waals surface area contributed by atoms with Crippen LogP contribution in [0, 0.1) is 5.92 Å². The molecule has 29 heavy (non-hydrogen) atoms. The largest absolute Gasteiger partial charge is 0.380 e. The van der Waals surface area contributed by atoms with Gasteiger partial charge in [-0.05, 0) is 49.5 Å². The van der Waals surface area contributed by atoms with Gasteiger partial charge in [-0.15, -0.1) is 0 Å². The predicted octanol–water partition coefficient (Wildman–Crippen LogP) is 2.77. The summed E-state index contributed by atoms with van der Waals surface area (Å²) in [5.41, 5.74) is 1.66. The number of nitrogens with one attached hydrogen (secondary N) is 3. The number of allylic oxidation sites excluding steroid dienone is 1. The average Bonchev–Trinajstić information content (AvgIpc) is 2.70. The Hall–Kier alpha value is -2.63. The first kappa shape index (κ1) is 21.1. The Bertz CT molecular complexity index is 778. The molecule has 156 valence electrons. The lowest BCUT2D eigenvalue weighted by atomic mass is 9.82. The summed E-state index contributed by atoms with van der Waals surface area (Å²) in [7, 11) is 0. The summed E-state index contributed by atoms with van der Waals surface area (Å²) >= 11 is 0. The maximum Gasteiger partial charge on any atom is 0.270 e. The fraction of sp³-hybridized carbons (Fsp3) is 0.522. The lowest BCUT2D eigenvalue weighted by Gasteiger charge is -2.30. The van der Waals surface area contributed by atoms with Crippen molar-refractivity contribution < 1.29 is 14.4 Å². The second-order valence-corrected chi connectivity index (χ2v) is 8.44. The van der Waals surface area contributed by atoms with Gasteiger partial charge in [0.05, 0.1) is 6.42 Å². The van der Waals surface area contributed by atoms with E-state index >= 15 is 0 Å². The number of carbonyl (C=O) groups is 3. The molecule has 1 aromatic rings. The minimum atomic E-state index is -0.428. The van der Waals surface area contributed by atoms with Crippen LogP contribution in [0.5, 0.6) is 0 Å². The SMILES string of the molecule is CC(C)CCNC1=C(C(=O)N[C@H]2CC[C@@H](c3ccccc3)CC2)NC(=O)CC1=O.